The summed E-state index contributed by atoms with van der Waals surface area (Å²) in [5.74, 6) is 1.57. The van der Waals surface area contributed by atoms with Crippen LogP contribution in [0, 0.1) is 5.92 Å². The van der Waals surface area contributed by atoms with Gasteiger partial charge in [0.15, 0.2) is 5.96 Å². The number of ether oxygens (including phenoxy) is 2. The van der Waals surface area contributed by atoms with Crippen molar-refractivity contribution in [1.82, 2.24) is 20.1 Å². The summed E-state index contributed by atoms with van der Waals surface area (Å²) in [6.45, 7) is 14.7. The van der Waals surface area contributed by atoms with Gasteiger partial charge in [-0.25, -0.2) is 4.98 Å². The van der Waals surface area contributed by atoms with Crippen LogP contribution in [0.1, 0.15) is 44.5 Å². The number of hydrogen-bond acceptors (Lipinski definition) is 6. The molecule has 0 bridgehead atoms. The number of thiazole rings is 1. The van der Waals surface area contributed by atoms with Gasteiger partial charge in [0.1, 0.15) is 11.1 Å². The number of nitrogens with zero attached hydrogens (tertiary/aromatic N) is 4. The molecule has 0 radical (unpaired) electrons. The molecule has 1 fully saturated rings. The molecule has 8 heteroatoms. The van der Waals surface area contributed by atoms with Crippen LogP contribution in [0.3, 0.4) is 0 Å². The molecule has 2 atom stereocenters. The number of nitrogens with one attached hydrogen (secondary N) is 1. The van der Waals surface area contributed by atoms with E-state index in [4.69, 9.17) is 14.5 Å². The van der Waals surface area contributed by atoms with Crippen molar-refractivity contribution >= 4 is 17.3 Å². The Morgan fingerprint density at radius 1 is 1.50 bits per heavy atom. The SMILES string of the molecule is CCNC(=NCC1CN(CC(C)C)CCO1)N(C)Cc1csc(C(C)OC)n1. The average molecular weight is 412 g/mol. The molecule has 1 N–H and O–H groups in total. The molecule has 0 saturated carbocycles. The average Bonchev–Trinajstić information content (AvgIpc) is 3.12. The zero-order valence-corrected chi connectivity index (χ0v) is 19.1. The Labute approximate surface area is 174 Å². The Morgan fingerprint density at radius 3 is 2.96 bits per heavy atom. The van der Waals surface area contributed by atoms with Gasteiger partial charge < -0.3 is 19.7 Å². The molecule has 1 saturated heterocycles. The zero-order valence-electron chi connectivity index (χ0n) is 18.3. The number of aromatic nitrogens is 1. The Kier molecular flexibility index (Phi) is 9.64. The van der Waals surface area contributed by atoms with Crippen LogP contribution in [-0.4, -0.2) is 80.3 Å². The zero-order chi connectivity index (χ0) is 20.5. The molecular weight excluding hydrogens is 374 g/mol. The summed E-state index contributed by atoms with van der Waals surface area (Å²) < 4.78 is 11.3. The maximum atomic E-state index is 5.94. The number of methoxy groups -OCH3 is 1. The molecule has 1 aromatic rings. The van der Waals surface area contributed by atoms with Crippen LogP contribution in [0.2, 0.25) is 0 Å². The first-order valence-corrected chi connectivity index (χ1v) is 11.1. The standard InChI is InChI=1S/C20H37N5O2S/c1-7-21-20(22-10-18-13-25(8-9-27-18)11-15(2)3)24(5)12-17-14-28-19(23-17)16(4)26-6/h14-16,18H,7-13H2,1-6H3,(H,21,22). The van der Waals surface area contributed by atoms with Crippen molar-refractivity contribution in [2.45, 2.75) is 46.4 Å². The van der Waals surface area contributed by atoms with Crippen LogP contribution in [0.5, 0.6) is 0 Å². The third kappa shape index (κ3) is 7.31. The number of rotatable bonds is 9. The molecule has 0 amide bonds. The minimum atomic E-state index is 0.0307. The lowest BCUT2D eigenvalue weighted by atomic mass is 10.2. The van der Waals surface area contributed by atoms with Crippen molar-refractivity contribution in [2.75, 3.05) is 53.5 Å². The summed E-state index contributed by atoms with van der Waals surface area (Å²) in [7, 11) is 3.76. The second kappa shape index (κ2) is 11.7. The Bertz CT molecular complexity index is 607. The highest BCUT2D eigenvalue weighted by molar-refractivity contribution is 7.09. The summed E-state index contributed by atoms with van der Waals surface area (Å²) in [4.78, 5) is 14.1. The van der Waals surface area contributed by atoms with Crippen LogP contribution >= 0.6 is 11.3 Å². The van der Waals surface area contributed by atoms with E-state index in [-0.39, 0.29) is 12.2 Å². The molecule has 1 aliphatic rings. The maximum Gasteiger partial charge on any atom is 0.194 e. The van der Waals surface area contributed by atoms with Gasteiger partial charge in [-0.3, -0.25) is 9.89 Å². The fourth-order valence-electron chi connectivity index (χ4n) is 3.23. The molecule has 160 valence electrons. The normalized spacial score (nSPS) is 19.8. The Balaban J connectivity index is 1.94. The molecule has 28 heavy (non-hydrogen) atoms. The lowest BCUT2D eigenvalue weighted by Gasteiger charge is -2.33. The quantitative estimate of drug-likeness (QED) is 0.498. The number of morpholine rings is 1. The van der Waals surface area contributed by atoms with Crippen molar-refractivity contribution < 1.29 is 9.47 Å². The van der Waals surface area contributed by atoms with Crippen LogP contribution in [0.15, 0.2) is 10.4 Å². The second-order valence-corrected chi connectivity index (χ2v) is 8.64. The number of aliphatic imine (C=N–C) groups is 1. The van der Waals surface area contributed by atoms with E-state index < -0.39 is 0 Å². The summed E-state index contributed by atoms with van der Waals surface area (Å²) in [5.41, 5.74) is 1.04. The molecule has 1 aliphatic heterocycles. The van der Waals surface area contributed by atoms with E-state index >= 15 is 0 Å². The van der Waals surface area contributed by atoms with Gasteiger partial charge in [-0.2, -0.15) is 0 Å². The molecule has 0 aliphatic carbocycles. The molecule has 2 rings (SSSR count). The van der Waals surface area contributed by atoms with Crippen LogP contribution in [0.4, 0.5) is 0 Å². The fraction of sp³-hybridized carbons (Fsp3) is 0.800. The lowest BCUT2D eigenvalue weighted by molar-refractivity contribution is -0.0262. The third-order valence-corrected chi connectivity index (χ3v) is 5.71. The monoisotopic (exact) mass is 411 g/mol. The van der Waals surface area contributed by atoms with Gasteiger partial charge in [-0.15, -0.1) is 11.3 Å². The van der Waals surface area contributed by atoms with E-state index in [0.717, 1.165) is 49.4 Å². The Hall–Kier alpha value is -1.22. The minimum Gasteiger partial charge on any atom is -0.375 e. The van der Waals surface area contributed by atoms with Crippen molar-refractivity contribution in [1.29, 1.82) is 0 Å². The summed E-state index contributed by atoms with van der Waals surface area (Å²) in [5, 5.41) is 6.49. The van der Waals surface area contributed by atoms with E-state index in [9.17, 15) is 0 Å². The summed E-state index contributed by atoms with van der Waals surface area (Å²) >= 11 is 1.64. The van der Waals surface area contributed by atoms with E-state index in [1.165, 1.54) is 0 Å². The first kappa shape index (κ1) is 23.1. The van der Waals surface area contributed by atoms with Crippen molar-refractivity contribution in [3.63, 3.8) is 0 Å². The predicted molar refractivity (Wildman–Crippen MR) is 116 cm³/mol. The van der Waals surface area contributed by atoms with Gasteiger partial charge in [0.2, 0.25) is 0 Å². The highest BCUT2D eigenvalue weighted by Crippen LogP contribution is 2.21. The predicted octanol–water partition coefficient (Wildman–Crippen LogP) is 2.60. The molecule has 0 spiro atoms. The molecule has 2 unspecified atom stereocenters. The van der Waals surface area contributed by atoms with Crippen LogP contribution < -0.4 is 5.32 Å². The van der Waals surface area contributed by atoms with Crippen molar-refractivity contribution in [3.05, 3.63) is 16.1 Å². The van der Waals surface area contributed by atoms with Gasteiger partial charge in [0.05, 0.1) is 31.5 Å². The second-order valence-electron chi connectivity index (χ2n) is 7.75. The number of guanidine groups is 1. The Morgan fingerprint density at radius 2 is 2.29 bits per heavy atom. The maximum absolute atomic E-state index is 5.94. The highest BCUT2D eigenvalue weighted by Gasteiger charge is 2.21. The van der Waals surface area contributed by atoms with Gasteiger partial charge in [-0.05, 0) is 19.8 Å². The molecule has 7 nitrogen and oxygen atoms in total. The topological polar surface area (TPSA) is 62.2 Å². The van der Waals surface area contributed by atoms with E-state index in [0.29, 0.717) is 19.0 Å². The molecule has 0 aromatic carbocycles. The van der Waals surface area contributed by atoms with Gasteiger partial charge >= 0.3 is 0 Å². The summed E-state index contributed by atoms with van der Waals surface area (Å²) in [6.07, 6.45) is 0.186. The van der Waals surface area contributed by atoms with E-state index in [1.54, 1.807) is 18.4 Å². The first-order valence-electron chi connectivity index (χ1n) is 10.2. The summed E-state index contributed by atoms with van der Waals surface area (Å²) in [6, 6.07) is 0. The van der Waals surface area contributed by atoms with Crippen molar-refractivity contribution in [3.8, 4) is 0 Å². The van der Waals surface area contributed by atoms with Crippen molar-refractivity contribution in [2.24, 2.45) is 10.9 Å². The van der Waals surface area contributed by atoms with Gasteiger partial charge in [0, 0.05) is 45.7 Å². The van der Waals surface area contributed by atoms with Gasteiger partial charge in [0.25, 0.3) is 0 Å². The smallest absolute Gasteiger partial charge is 0.194 e. The lowest BCUT2D eigenvalue weighted by Crippen LogP contribution is -2.46. The first-order chi connectivity index (χ1) is 13.4. The van der Waals surface area contributed by atoms with Crippen LogP contribution in [-0.2, 0) is 16.0 Å². The molecule has 1 aromatic heterocycles. The van der Waals surface area contributed by atoms with E-state index in [1.807, 2.05) is 14.0 Å². The molecular formula is C20H37N5O2S. The third-order valence-electron chi connectivity index (χ3n) is 4.66. The van der Waals surface area contributed by atoms with Crippen LogP contribution in [0.25, 0.3) is 0 Å². The minimum absolute atomic E-state index is 0.0307. The number of hydrogen-bond donors (Lipinski definition) is 1. The van der Waals surface area contributed by atoms with E-state index in [2.05, 4.69) is 46.3 Å². The fourth-order valence-corrected chi connectivity index (χ4v) is 4.07. The largest absolute Gasteiger partial charge is 0.375 e. The highest BCUT2D eigenvalue weighted by atomic mass is 32.1. The molecule has 2 heterocycles. The van der Waals surface area contributed by atoms with Gasteiger partial charge in [-0.1, -0.05) is 13.8 Å².